The maximum atomic E-state index is 2.44. The summed E-state index contributed by atoms with van der Waals surface area (Å²) in [4.78, 5) is 2.44. The van der Waals surface area contributed by atoms with Crippen LogP contribution in [-0.2, 0) is 10.8 Å². The largest absolute Gasteiger partial charge is 0.310 e. The molecule has 0 unspecified atom stereocenters. The molecule has 0 radical (unpaired) electrons. The molecule has 0 aromatic heterocycles. The summed E-state index contributed by atoms with van der Waals surface area (Å²) >= 11 is 0. The van der Waals surface area contributed by atoms with Crippen molar-refractivity contribution in [3.05, 3.63) is 174 Å². The molecule has 232 valence electrons. The van der Waals surface area contributed by atoms with E-state index in [1.165, 1.54) is 94.4 Å². The van der Waals surface area contributed by atoms with Crippen LogP contribution in [0.3, 0.4) is 0 Å². The van der Waals surface area contributed by atoms with E-state index in [2.05, 4.69) is 170 Å². The summed E-state index contributed by atoms with van der Waals surface area (Å²) in [5, 5.41) is 0. The fraction of sp³-hybridized carbons (Fsp3) is 0.217. The van der Waals surface area contributed by atoms with Gasteiger partial charge in [0.2, 0.25) is 0 Å². The van der Waals surface area contributed by atoms with E-state index in [9.17, 15) is 0 Å². The average Bonchev–Trinajstić information content (AvgIpc) is 3.26. The summed E-state index contributed by atoms with van der Waals surface area (Å²) in [5.41, 5.74) is 14.5. The minimum Gasteiger partial charge on any atom is -0.310 e. The second-order valence-corrected chi connectivity index (χ2v) is 14.1. The Kier molecular flexibility index (Phi) is 7.57. The lowest BCUT2D eigenvalue weighted by Crippen LogP contribution is -2.27. The molecule has 0 spiro atoms. The molecule has 0 heterocycles. The molecule has 1 fully saturated rings. The molecular weight excluding hydrogens is 567 g/mol. The first-order valence-electron chi connectivity index (χ1n) is 17.4. The molecule has 2 aliphatic carbocycles. The first-order valence-corrected chi connectivity index (χ1v) is 17.4. The Hall–Kier alpha value is -4.88. The van der Waals surface area contributed by atoms with Crippen LogP contribution in [0.1, 0.15) is 74.6 Å². The van der Waals surface area contributed by atoms with Crippen LogP contribution in [0.5, 0.6) is 0 Å². The Morgan fingerprint density at radius 2 is 0.936 bits per heavy atom. The van der Waals surface area contributed by atoms with Gasteiger partial charge < -0.3 is 4.90 Å². The predicted octanol–water partition coefficient (Wildman–Crippen LogP) is 12.8. The summed E-state index contributed by atoms with van der Waals surface area (Å²) in [6, 6.07) is 56.6. The zero-order chi connectivity index (χ0) is 31.8. The lowest BCUT2D eigenvalue weighted by Gasteiger charge is -2.35. The van der Waals surface area contributed by atoms with E-state index < -0.39 is 0 Å². The van der Waals surface area contributed by atoms with Crippen LogP contribution < -0.4 is 4.90 Å². The molecule has 0 bridgehead atoms. The highest BCUT2D eigenvalue weighted by molar-refractivity contribution is 5.87. The minimum absolute atomic E-state index is 0.0151. The second kappa shape index (κ2) is 12.0. The van der Waals surface area contributed by atoms with Crippen molar-refractivity contribution in [3.63, 3.8) is 0 Å². The van der Waals surface area contributed by atoms with Gasteiger partial charge in [0.05, 0.1) is 0 Å². The molecule has 1 heteroatoms. The van der Waals surface area contributed by atoms with Gasteiger partial charge in [0, 0.05) is 27.9 Å². The summed E-state index contributed by atoms with van der Waals surface area (Å²) < 4.78 is 0. The van der Waals surface area contributed by atoms with Gasteiger partial charge in [0.25, 0.3) is 0 Å². The Balaban J connectivity index is 1.24. The van der Waals surface area contributed by atoms with Gasteiger partial charge in [0.1, 0.15) is 0 Å². The quantitative estimate of drug-likeness (QED) is 0.170. The van der Waals surface area contributed by atoms with Crippen LogP contribution in [0, 0.1) is 0 Å². The molecule has 0 amide bonds. The number of hydrogen-bond acceptors (Lipinski definition) is 1. The van der Waals surface area contributed by atoms with E-state index in [1.807, 2.05) is 0 Å². The van der Waals surface area contributed by atoms with Crippen LogP contribution in [0.2, 0.25) is 0 Å². The number of anilines is 3. The summed E-state index contributed by atoms with van der Waals surface area (Å²) in [6.45, 7) is 4.71. The summed E-state index contributed by atoms with van der Waals surface area (Å²) in [5.74, 6) is 0. The molecule has 6 aromatic rings. The predicted molar refractivity (Wildman–Crippen MR) is 199 cm³/mol. The van der Waals surface area contributed by atoms with E-state index in [1.54, 1.807) is 0 Å². The Bertz CT molecular complexity index is 1980. The SMILES string of the molecule is CC1(C)c2ccccc2-c2cc(N(c3ccc(-c4ccccc4)cc3)c3ccc(C4(c5ccccc5)CCCCCC4)cc3)ccc21. The molecule has 2 aliphatic rings. The number of hydrogen-bond donors (Lipinski definition) is 0. The third-order valence-electron chi connectivity index (χ3n) is 11.0. The van der Waals surface area contributed by atoms with Crippen molar-refractivity contribution in [2.24, 2.45) is 0 Å². The zero-order valence-electron chi connectivity index (χ0n) is 27.6. The highest BCUT2D eigenvalue weighted by atomic mass is 15.1. The number of rotatable bonds is 6. The molecule has 1 nitrogen and oxygen atoms in total. The van der Waals surface area contributed by atoms with Crippen molar-refractivity contribution in [2.45, 2.75) is 63.2 Å². The van der Waals surface area contributed by atoms with Crippen molar-refractivity contribution in [1.29, 1.82) is 0 Å². The van der Waals surface area contributed by atoms with Crippen molar-refractivity contribution in [1.82, 2.24) is 0 Å². The van der Waals surface area contributed by atoms with Crippen LogP contribution in [0.4, 0.5) is 17.1 Å². The molecule has 47 heavy (non-hydrogen) atoms. The zero-order valence-corrected chi connectivity index (χ0v) is 27.6. The number of benzene rings is 6. The summed E-state index contributed by atoms with van der Waals surface area (Å²) in [6.07, 6.45) is 7.64. The van der Waals surface area contributed by atoms with Crippen molar-refractivity contribution < 1.29 is 0 Å². The van der Waals surface area contributed by atoms with E-state index in [-0.39, 0.29) is 10.8 Å². The molecule has 8 rings (SSSR count). The van der Waals surface area contributed by atoms with E-state index in [4.69, 9.17) is 0 Å². The summed E-state index contributed by atoms with van der Waals surface area (Å²) in [7, 11) is 0. The highest BCUT2D eigenvalue weighted by Crippen LogP contribution is 2.51. The fourth-order valence-corrected chi connectivity index (χ4v) is 8.49. The van der Waals surface area contributed by atoms with Gasteiger partial charge in [-0.05, 0) is 93.7 Å². The highest BCUT2D eigenvalue weighted by Gasteiger charge is 2.36. The molecule has 0 atom stereocenters. The Morgan fingerprint density at radius 1 is 0.426 bits per heavy atom. The van der Waals surface area contributed by atoms with Crippen LogP contribution >= 0.6 is 0 Å². The van der Waals surface area contributed by atoms with Gasteiger partial charge in [-0.3, -0.25) is 0 Å². The monoisotopic (exact) mass is 609 g/mol. The Labute approximate surface area is 280 Å². The van der Waals surface area contributed by atoms with Crippen molar-refractivity contribution >= 4 is 17.1 Å². The topological polar surface area (TPSA) is 3.24 Å². The third kappa shape index (κ3) is 5.19. The van der Waals surface area contributed by atoms with Gasteiger partial charge in [0.15, 0.2) is 0 Å². The van der Waals surface area contributed by atoms with Gasteiger partial charge in [-0.15, -0.1) is 0 Å². The van der Waals surface area contributed by atoms with Gasteiger partial charge in [-0.2, -0.15) is 0 Å². The van der Waals surface area contributed by atoms with Crippen LogP contribution in [0.15, 0.2) is 152 Å². The molecule has 0 N–H and O–H groups in total. The van der Waals surface area contributed by atoms with Crippen LogP contribution in [-0.4, -0.2) is 0 Å². The standard InChI is InChI=1S/C46H43N/c1-45(2)43-20-12-11-19-41(43)42-33-40(29-30-44(42)45)47(38-25-21-35(22-26-38)34-15-7-5-8-16-34)39-27-23-37(24-28-39)46(31-13-3-4-14-32-46)36-17-9-6-10-18-36/h5-12,15-30,33H,3-4,13-14,31-32H2,1-2H3. The molecule has 1 saturated carbocycles. The van der Waals surface area contributed by atoms with E-state index in [0.29, 0.717) is 0 Å². The van der Waals surface area contributed by atoms with E-state index in [0.717, 1.165) is 5.69 Å². The first-order chi connectivity index (χ1) is 23.0. The van der Waals surface area contributed by atoms with E-state index >= 15 is 0 Å². The number of nitrogens with zero attached hydrogens (tertiary/aromatic N) is 1. The van der Waals surface area contributed by atoms with Gasteiger partial charge >= 0.3 is 0 Å². The number of fused-ring (bicyclic) bond motifs is 3. The second-order valence-electron chi connectivity index (χ2n) is 14.1. The lowest BCUT2D eigenvalue weighted by atomic mass is 9.69. The fourth-order valence-electron chi connectivity index (χ4n) is 8.49. The molecular formula is C46H43N. The first kappa shape index (κ1) is 29.5. The maximum Gasteiger partial charge on any atom is 0.0468 e. The average molecular weight is 610 g/mol. The smallest absolute Gasteiger partial charge is 0.0468 e. The third-order valence-corrected chi connectivity index (χ3v) is 11.0. The van der Waals surface area contributed by atoms with Gasteiger partial charge in [-0.25, -0.2) is 0 Å². The lowest BCUT2D eigenvalue weighted by molar-refractivity contribution is 0.446. The van der Waals surface area contributed by atoms with Crippen molar-refractivity contribution in [2.75, 3.05) is 4.90 Å². The molecule has 6 aromatic carbocycles. The molecule has 0 saturated heterocycles. The van der Waals surface area contributed by atoms with Crippen LogP contribution in [0.25, 0.3) is 22.3 Å². The van der Waals surface area contributed by atoms with Gasteiger partial charge in [-0.1, -0.05) is 155 Å². The molecule has 0 aliphatic heterocycles. The Morgan fingerprint density at radius 3 is 1.62 bits per heavy atom. The normalized spacial score (nSPS) is 16.1. The van der Waals surface area contributed by atoms with Crippen molar-refractivity contribution in [3.8, 4) is 22.3 Å². The maximum absolute atomic E-state index is 2.44. The minimum atomic E-state index is -0.0151.